The third-order valence-electron chi connectivity index (χ3n) is 6.11. The maximum Gasteiger partial charge on any atom is 0.295 e. The number of nitrogens with zero attached hydrogens (tertiary/aromatic N) is 3. The molecular formula is C25H26ClN3O4S. The molecule has 0 radical (unpaired) electrons. The second-order valence-electron chi connectivity index (χ2n) is 8.27. The van der Waals surface area contributed by atoms with Crippen LogP contribution in [-0.2, 0) is 4.74 Å². The minimum atomic E-state index is -0.219. The van der Waals surface area contributed by atoms with Crippen LogP contribution in [0.4, 0.5) is 5.13 Å². The zero-order valence-corrected chi connectivity index (χ0v) is 20.7. The van der Waals surface area contributed by atoms with Crippen molar-refractivity contribution in [2.45, 2.75) is 13.3 Å². The maximum absolute atomic E-state index is 13.7. The topological polar surface area (TPSA) is 68.0 Å². The van der Waals surface area contributed by atoms with E-state index >= 15 is 0 Å². The van der Waals surface area contributed by atoms with Crippen molar-refractivity contribution in [2.75, 3.05) is 51.4 Å². The largest absolute Gasteiger partial charge is 0.493 e. The Morgan fingerprint density at radius 2 is 2.09 bits per heavy atom. The summed E-state index contributed by atoms with van der Waals surface area (Å²) in [6, 6.07) is 11.2. The van der Waals surface area contributed by atoms with E-state index in [1.165, 1.54) is 11.3 Å². The van der Waals surface area contributed by atoms with Gasteiger partial charge in [0.1, 0.15) is 0 Å². The van der Waals surface area contributed by atoms with E-state index in [1.54, 1.807) is 18.1 Å². The molecule has 9 heteroatoms. The Kier molecular flexibility index (Phi) is 6.74. The number of amides is 1. The number of para-hydroxylation sites is 1. The molecule has 1 saturated heterocycles. The molecule has 1 aliphatic heterocycles. The van der Waals surface area contributed by atoms with Crippen molar-refractivity contribution >= 4 is 55.2 Å². The number of carbonyl (C=O) groups excluding carboxylic acids is 1. The fourth-order valence-electron chi connectivity index (χ4n) is 4.20. The summed E-state index contributed by atoms with van der Waals surface area (Å²) in [5.74, 6) is 0.642. The van der Waals surface area contributed by atoms with Gasteiger partial charge in [0.25, 0.3) is 5.91 Å². The summed E-state index contributed by atoms with van der Waals surface area (Å²) in [5.41, 5.74) is 2.30. The number of anilines is 1. The van der Waals surface area contributed by atoms with Crippen molar-refractivity contribution in [3.8, 4) is 5.75 Å². The van der Waals surface area contributed by atoms with Crippen molar-refractivity contribution in [3.63, 3.8) is 0 Å². The average molecular weight is 500 g/mol. The lowest BCUT2D eigenvalue weighted by molar-refractivity contribution is 0.0376. The van der Waals surface area contributed by atoms with E-state index in [1.807, 2.05) is 37.3 Å². The van der Waals surface area contributed by atoms with Gasteiger partial charge in [0.15, 0.2) is 22.2 Å². The lowest BCUT2D eigenvalue weighted by Gasteiger charge is -2.27. The maximum atomic E-state index is 13.7. The second-order valence-corrected chi connectivity index (χ2v) is 9.69. The monoisotopic (exact) mass is 499 g/mol. The van der Waals surface area contributed by atoms with E-state index in [4.69, 9.17) is 30.5 Å². The number of benzene rings is 2. The predicted molar refractivity (Wildman–Crippen MR) is 136 cm³/mol. The average Bonchev–Trinajstić information content (AvgIpc) is 3.49. The van der Waals surface area contributed by atoms with Crippen LogP contribution in [0.25, 0.3) is 21.2 Å². The van der Waals surface area contributed by atoms with Crippen LogP contribution in [0.5, 0.6) is 5.75 Å². The standard InChI is InChI=1S/C25H26ClN3O4S/c1-16-18(26)7-8-21-22(16)27-25(34-21)29(10-4-9-28-11-13-32-14-12-28)24(30)20-15-17-5-3-6-19(31-2)23(17)33-20/h3,5-8,15H,4,9-14H2,1-2H3. The minimum absolute atomic E-state index is 0.219. The highest BCUT2D eigenvalue weighted by atomic mass is 35.5. The molecule has 0 aliphatic carbocycles. The number of methoxy groups -OCH3 is 1. The summed E-state index contributed by atoms with van der Waals surface area (Å²) < 4.78 is 17.8. The lowest BCUT2D eigenvalue weighted by atomic mass is 10.2. The van der Waals surface area contributed by atoms with E-state index in [-0.39, 0.29) is 11.7 Å². The van der Waals surface area contributed by atoms with Gasteiger partial charge in [0.05, 0.1) is 30.5 Å². The molecule has 7 nitrogen and oxygen atoms in total. The molecule has 2 aromatic carbocycles. The van der Waals surface area contributed by atoms with Crippen molar-refractivity contribution in [1.82, 2.24) is 9.88 Å². The second kappa shape index (κ2) is 9.92. The van der Waals surface area contributed by atoms with Gasteiger partial charge in [-0.1, -0.05) is 35.1 Å². The first-order valence-electron chi connectivity index (χ1n) is 11.3. The van der Waals surface area contributed by atoms with Gasteiger partial charge in [-0.15, -0.1) is 0 Å². The number of thiazole rings is 1. The highest BCUT2D eigenvalue weighted by molar-refractivity contribution is 7.22. The summed E-state index contributed by atoms with van der Waals surface area (Å²) in [6.45, 7) is 6.69. The Hall–Kier alpha value is -2.65. The quantitative estimate of drug-likeness (QED) is 0.340. The molecule has 0 unspecified atom stereocenters. The van der Waals surface area contributed by atoms with Crippen molar-refractivity contribution < 1.29 is 18.7 Å². The van der Waals surface area contributed by atoms with Crippen LogP contribution in [-0.4, -0.2) is 62.3 Å². The zero-order valence-electron chi connectivity index (χ0n) is 19.2. The van der Waals surface area contributed by atoms with Crippen LogP contribution >= 0.6 is 22.9 Å². The Morgan fingerprint density at radius 3 is 2.88 bits per heavy atom. The number of morpholine rings is 1. The smallest absolute Gasteiger partial charge is 0.295 e. The number of furan rings is 1. The minimum Gasteiger partial charge on any atom is -0.493 e. The predicted octanol–water partition coefficient (Wildman–Crippen LogP) is 5.38. The molecule has 2 aromatic heterocycles. The molecule has 178 valence electrons. The van der Waals surface area contributed by atoms with E-state index in [9.17, 15) is 4.79 Å². The number of aromatic nitrogens is 1. The Labute approximate surface area is 206 Å². The third kappa shape index (κ3) is 4.51. The molecule has 1 fully saturated rings. The van der Waals surface area contributed by atoms with Gasteiger partial charge in [-0.2, -0.15) is 0 Å². The van der Waals surface area contributed by atoms with Gasteiger partial charge in [-0.25, -0.2) is 4.98 Å². The van der Waals surface area contributed by atoms with Crippen LogP contribution in [0.3, 0.4) is 0 Å². The number of aryl methyl sites for hydroxylation is 1. The first-order valence-corrected chi connectivity index (χ1v) is 12.5. The van der Waals surface area contributed by atoms with Crippen LogP contribution < -0.4 is 9.64 Å². The first-order chi connectivity index (χ1) is 16.5. The van der Waals surface area contributed by atoms with Crippen molar-refractivity contribution in [2.24, 2.45) is 0 Å². The normalized spacial score (nSPS) is 14.7. The summed E-state index contributed by atoms with van der Waals surface area (Å²) >= 11 is 7.81. The zero-order chi connectivity index (χ0) is 23.7. The fraction of sp³-hybridized carbons (Fsp3) is 0.360. The van der Waals surface area contributed by atoms with Crippen LogP contribution in [0.15, 0.2) is 40.8 Å². The van der Waals surface area contributed by atoms with Gasteiger partial charge in [-0.3, -0.25) is 14.6 Å². The van der Waals surface area contributed by atoms with Crippen LogP contribution in [0, 0.1) is 6.92 Å². The molecule has 1 amide bonds. The van der Waals surface area contributed by atoms with Gasteiger partial charge in [-0.05, 0) is 43.2 Å². The number of hydrogen-bond acceptors (Lipinski definition) is 7. The summed E-state index contributed by atoms with van der Waals surface area (Å²) in [7, 11) is 1.59. The first kappa shape index (κ1) is 23.1. The van der Waals surface area contributed by atoms with Crippen molar-refractivity contribution in [3.05, 3.63) is 52.7 Å². The number of halogens is 1. The third-order valence-corrected chi connectivity index (χ3v) is 7.56. The summed E-state index contributed by atoms with van der Waals surface area (Å²) in [6.07, 6.45) is 0.810. The Bertz CT molecular complexity index is 1330. The number of carbonyl (C=O) groups is 1. The molecule has 0 N–H and O–H groups in total. The number of ether oxygens (including phenoxy) is 2. The van der Waals surface area contributed by atoms with Gasteiger partial charge in [0.2, 0.25) is 0 Å². The van der Waals surface area contributed by atoms with Crippen LogP contribution in [0.2, 0.25) is 5.02 Å². The SMILES string of the molecule is COc1cccc2cc(C(=O)N(CCCN3CCOCC3)c3nc4c(C)c(Cl)ccc4s3)oc12. The molecule has 1 aliphatic rings. The van der Waals surface area contributed by atoms with Crippen LogP contribution in [0.1, 0.15) is 22.5 Å². The van der Waals surface area contributed by atoms with E-state index < -0.39 is 0 Å². The van der Waals surface area contributed by atoms with Gasteiger partial charge < -0.3 is 13.9 Å². The summed E-state index contributed by atoms with van der Waals surface area (Å²) in [5, 5.41) is 2.13. The Morgan fingerprint density at radius 1 is 1.26 bits per heavy atom. The molecule has 4 aromatic rings. The van der Waals surface area contributed by atoms with Gasteiger partial charge in [0, 0.05) is 36.6 Å². The molecule has 0 spiro atoms. The molecule has 34 heavy (non-hydrogen) atoms. The fourth-order valence-corrected chi connectivity index (χ4v) is 5.40. The lowest BCUT2D eigenvalue weighted by Crippen LogP contribution is -2.39. The number of rotatable bonds is 7. The molecule has 5 rings (SSSR count). The van der Waals surface area contributed by atoms with Gasteiger partial charge >= 0.3 is 0 Å². The molecule has 0 bridgehead atoms. The molecule has 0 saturated carbocycles. The highest BCUT2D eigenvalue weighted by Crippen LogP contribution is 2.35. The number of hydrogen-bond donors (Lipinski definition) is 0. The highest BCUT2D eigenvalue weighted by Gasteiger charge is 2.26. The molecule has 0 atom stereocenters. The molecular weight excluding hydrogens is 474 g/mol. The van der Waals surface area contributed by atoms with Crippen molar-refractivity contribution in [1.29, 1.82) is 0 Å². The summed E-state index contributed by atoms with van der Waals surface area (Å²) in [4.78, 5) is 22.6. The number of fused-ring (bicyclic) bond motifs is 2. The van der Waals surface area contributed by atoms with E-state index in [0.717, 1.165) is 60.4 Å². The van der Waals surface area contributed by atoms with E-state index in [2.05, 4.69) is 4.90 Å². The Balaban J connectivity index is 1.47. The molecule has 3 heterocycles. The van der Waals surface area contributed by atoms with E-state index in [0.29, 0.717) is 28.0 Å².